The highest BCUT2D eigenvalue weighted by atomic mass is 32.2. The molecule has 1 aliphatic rings. The minimum atomic E-state index is -0.361. The third-order valence-corrected chi connectivity index (χ3v) is 5.56. The van der Waals surface area contributed by atoms with Crippen LogP contribution in [0.25, 0.3) is 11.0 Å². The lowest BCUT2D eigenvalue weighted by Crippen LogP contribution is -2.38. The van der Waals surface area contributed by atoms with Gasteiger partial charge in [-0.3, -0.25) is 13.9 Å². The number of hydrogen-bond donors (Lipinski definition) is 0. The van der Waals surface area contributed by atoms with Gasteiger partial charge in [0.25, 0.3) is 5.56 Å². The molecule has 2 heterocycles. The van der Waals surface area contributed by atoms with Gasteiger partial charge < -0.3 is 0 Å². The molecule has 3 rings (SSSR count). The van der Waals surface area contributed by atoms with E-state index in [-0.39, 0.29) is 11.2 Å². The molecule has 0 radical (unpaired) electrons. The molecule has 0 saturated heterocycles. The molecule has 1 aliphatic carbocycles. The van der Waals surface area contributed by atoms with Crippen molar-refractivity contribution in [1.82, 2.24) is 19.1 Å². The fraction of sp³-hybridized carbons (Fsp3) is 0.529. The molecule has 1 fully saturated rings. The van der Waals surface area contributed by atoms with Crippen molar-refractivity contribution in [2.24, 2.45) is 14.1 Å². The largest absolute Gasteiger partial charge is 0.332 e. The molecular formula is C17H22N4O2S. The summed E-state index contributed by atoms with van der Waals surface area (Å²) in [5.74, 6) is 1.73. The predicted octanol–water partition coefficient (Wildman–Crippen LogP) is 2.35. The maximum atomic E-state index is 12.6. The smallest absolute Gasteiger partial charge is 0.280 e. The lowest BCUT2D eigenvalue weighted by molar-refractivity contribution is 0.427. The molecule has 0 amide bonds. The van der Waals surface area contributed by atoms with Gasteiger partial charge in [-0.05, 0) is 12.8 Å². The highest BCUT2D eigenvalue weighted by Gasteiger charge is 2.23. The Morgan fingerprint density at radius 2 is 1.88 bits per heavy atom. The van der Waals surface area contributed by atoms with E-state index < -0.39 is 0 Å². The Morgan fingerprint density at radius 3 is 2.54 bits per heavy atom. The third-order valence-electron chi connectivity index (χ3n) is 4.59. The van der Waals surface area contributed by atoms with E-state index in [9.17, 15) is 9.59 Å². The van der Waals surface area contributed by atoms with E-state index in [0.717, 1.165) is 23.2 Å². The average Bonchev–Trinajstić information content (AvgIpc) is 2.62. The number of rotatable bonds is 4. The molecule has 0 N–H and O–H groups in total. The second-order valence-corrected chi connectivity index (χ2v) is 7.23. The van der Waals surface area contributed by atoms with E-state index in [1.165, 1.54) is 42.6 Å². The highest BCUT2D eigenvalue weighted by Crippen LogP contribution is 2.33. The van der Waals surface area contributed by atoms with Crippen molar-refractivity contribution in [2.75, 3.05) is 5.75 Å². The van der Waals surface area contributed by atoms with Gasteiger partial charge >= 0.3 is 5.69 Å². The maximum Gasteiger partial charge on any atom is 0.332 e. The Bertz CT molecular complexity index is 894. The minimum Gasteiger partial charge on any atom is -0.280 e. The molecule has 6 nitrogen and oxygen atoms in total. The summed E-state index contributed by atoms with van der Waals surface area (Å²) in [6.07, 6.45) is 7.52. The van der Waals surface area contributed by atoms with Gasteiger partial charge in [0, 0.05) is 25.8 Å². The molecule has 1 saturated carbocycles. The first-order valence-electron chi connectivity index (χ1n) is 8.26. The molecule has 0 bridgehead atoms. The minimum absolute atomic E-state index is 0.311. The van der Waals surface area contributed by atoms with E-state index >= 15 is 0 Å². The molecule has 128 valence electrons. The molecule has 2 aromatic heterocycles. The summed E-state index contributed by atoms with van der Waals surface area (Å²) in [5.41, 5.74) is -0.263. The number of aryl methyl sites for hydroxylation is 1. The first-order valence-corrected chi connectivity index (χ1v) is 9.24. The maximum absolute atomic E-state index is 12.6. The van der Waals surface area contributed by atoms with E-state index in [4.69, 9.17) is 4.98 Å². The quantitative estimate of drug-likeness (QED) is 0.483. The van der Waals surface area contributed by atoms with Crippen molar-refractivity contribution in [1.29, 1.82) is 0 Å². The van der Waals surface area contributed by atoms with Crippen LogP contribution in [0.4, 0.5) is 0 Å². The SMILES string of the molecule is C=CCSc1nc(C2CCCCC2)nc2c1c(=O)n(C)c(=O)n2C. The lowest BCUT2D eigenvalue weighted by atomic mass is 9.89. The van der Waals surface area contributed by atoms with Crippen molar-refractivity contribution < 1.29 is 0 Å². The number of nitrogens with zero attached hydrogens (tertiary/aromatic N) is 4. The van der Waals surface area contributed by atoms with E-state index in [2.05, 4.69) is 11.6 Å². The van der Waals surface area contributed by atoms with Crippen LogP contribution in [0, 0.1) is 0 Å². The molecule has 0 unspecified atom stereocenters. The standard InChI is InChI=1S/C17H22N4O2S/c1-4-10-24-15-12-14(20(2)17(23)21(3)16(12)22)18-13(19-15)11-8-6-5-7-9-11/h4,11H,1,5-10H2,2-3H3. The molecular weight excluding hydrogens is 324 g/mol. The van der Waals surface area contributed by atoms with Crippen molar-refractivity contribution in [3.05, 3.63) is 39.3 Å². The highest BCUT2D eigenvalue weighted by molar-refractivity contribution is 7.99. The number of thioether (sulfide) groups is 1. The topological polar surface area (TPSA) is 69.8 Å². The number of hydrogen-bond acceptors (Lipinski definition) is 5. The van der Waals surface area contributed by atoms with E-state index in [0.29, 0.717) is 27.7 Å². The van der Waals surface area contributed by atoms with Gasteiger partial charge in [0.1, 0.15) is 16.2 Å². The summed E-state index contributed by atoms with van der Waals surface area (Å²) in [4.78, 5) is 34.2. The monoisotopic (exact) mass is 346 g/mol. The van der Waals surface area contributed by atoms with Gasteiger partial charge in [-0.15, -0.1) is 18.3 Å². The number of aromatic nitrogens is 4. The van der Waals surface area contributed by atoms with Gasteiger partial charge in [0.15, 0.2) is 5.65 Å². The zero-order valence-corrected chi connectivity index (χ0v) is 14.9. The molecule has 0 aromatic carbocycles. The molecule has 0 spiro atoms. The fourth-order valence-electron chi connectivity index (χ4n) is 3.23. The summed E-state index contributed by atoms with van der Waals surface area (Å²) in [7, 11) is 3.14. The van der Waals surface area contributed by atoms with Crippen LogP contribution in [-0.2, 0) is 14.1 Å². The Kier molecular flexibility index (Phi) is 4.89. The van der Waals surface area contributed by atoms with Gasteiger partial charge in [0.05, 0.1) is 0 Å². The normalized spacial score (nSPS) is 15.8. The Labute approximate surface area is 144 Å². The summed E-state index contributed by atoms with van der Waals surface area (Å²) >= 11 is 1.47. The average molecular weight is 346 g/mol. The van der Waals surface area contributed by atoms with Crippen LogP contribution in [-0.4, -0.2) is 24.9 Å². The van der Waals surface area contributed by atoms with Gasteiger partial charge in [-0.1, -0.05) is 25.3 Å². The lowest BCUT2D eigenvalue weighted by Gasteiger charge is -2.21. The molecule has 2 aromatic rings. The van der Waals surface area contributed by atoms with Crippen molar-refractivity contribution in [2.45, 2.75) is 43.0 Å². The molecule has 24 heavy (non-hydrogen) atoms. The van der Waals surface area contributed by atoms with Crippen LogP contribution in [0.3, 0.4) is 0 Å². The van der Waals surface area contributed by atoms with Crippen molar-refractivity contribution in [3.63, 3.8) is 0 Å². The molecule has 0 atom stereocenters. The number of fused-ring (bicyclic) bond motifs is 1. The first kappa shape index (κ1) is 17.0. The Morgan fingerprint density at radius 1 is 1.17 bits per heavy atom. The van der Waals surface area contributed by atoms with Gasteiger partial charge in [-0.25, -0.2) is 14.8 Å². The van der Waals surface area contributed by atoms with E-state index in [1.54, 1.807) is 13.1 Å². The zero-order chi connectivity index (χ0) is 17.3. The first-order chi connectivity index (χ1) is 11.5. The molecule has 7 heteroatoms. The molecule has 0 aliphatic heterocycles. The van der Waals surface area contributed by atoms with Crippen LogP contribution in [0.1, 0.15) is 43.8 Å². The van der Waals surface area contributed by atoms with Gasteiger partial charge in [-0.2, -0.15) is 0 Å². The predicted molar refractivity (Wildman–Crippen MR) is 96.8 cm³/mol. The summed E-state index contributed by atoms with van der Waals surface area (Å²) in [5, 5.41) is 1.07. The second kappa shape index (κ2) is 6.93. The van der Waals surface area contributed by atoms with Crippen LogP contribution in [0.5, 0.6) is 0 Å². The van der Waals surface area contributed by atoms with Crippen LogP contribution in [0.2, 0.25) is 0 Å². The Hall–Kier alpha value is -1.89. The van der Waals surface area contributed by atoms with Crippen LogP contribution < -0.4 is 11.2 Å². The van der Waals surface area contributed by atoms with Crippen LogP contribution >= 0.6 is 11.8 Å². The van der Waals surface area contributed by atoms with Gasteiger partial charge in [0.2, 0.25) is 0 Å². The van der Waals surface area contributed by atoms with E-state index in [1.807, 2.05) is 0 Å². The van der Waals surface area contributed by atoms with Crippen molar-refractivity contribution >= 4 is 22.8 Å². The summed E-state index contributed by atoms with van der Waals surface area (Å²) in [6, 6.07) is 0. The van der Waals surface area contributed by atoms with Crippen molar-refractivity contribution in [3.8, 4) is 0 Å². The fourth-order valence-corrected chi connectivity index (χ4v) is 3.99. The summed E-state index contributed by atoms with van der Waals surface area (Å²) in [6.45, 7) is 3.74. The third kappa shape index (κ3) is 2.92. The zero-order valence-electron chi connectivity index (χ0n) is 14.1. The Balaban J connectivity index is 2.28. The van der Waals surface area contributed by atoms with Crippen LogP contribution in [0.15, 0.2) is 27.3 Å². The second-order valence-electron chi connectivity index (χ2n) is 6.23. The summed E-state index contributed by atoms with van der Waals surface area (Å²) < 4.78 is 2.56.